The second-order valence-electron chi connectivity index (χ2n) is 7.66. The van der Waals surface area contributed by atoms with Crippen LogP contribution in [0, 0.1) is 0 Å². The first-order valence-corrected chi connectivity index (χ1v) is 9.47. The zero-order chi connectivity index (χ0) is 20.1. The number of nitrogens with one attached hydrogen (secondary N) is 1. The Kier molecular flexibility index (Phi) is 6.17. The first kappa shape index (κ1) is 20.1. The fraction of sp³-hybridized carbons (Fsp3) is 0.348. The number of β-amino-alcohol motifs (C(OH)–C–C–N with tert-alkyl or cyclic N) is 1. The number of carbonyl (C=O) groups is 1. The van der Waals surface area contributed by atoms with E-state index in [2.05, 4.69) is 19.2 Å². The number of furan rings is 1. The summed E-state index contributed by atoms with van der Waals surface area (Å²) in [7, 11) is 1.38. The molecule has 2 aromatic carbocycles. The van der Waals surface area contributed by atoms with E-state index in [1.165, 1.54) is 7.11 Å². The monoisotopic (exact) mass is 381 g/mol. The summed E-state index contributed by atoms with van der Waals surface area (Å²) in [5.74, 6) is 0.246. The number of hydrogen-bond donors (Lipinski definition) is 2. The second-order valence-corrected chi connectivity index (χ2v) is 7.66. The summed E-state index contributed by atoms with van der Waals surface area (Å²) in [6.07, 6.45) is 1.05. The van der Waals surface area contributed by atoms with Gasteiger partial charge in [0.25, 0.3) is 0 Å². The third-order valence-electron chi connectivity index (χ3n) is 4.96. The molecule has 1 atom stereocenters. The quantitative estimate of drug-likeness (QED) is 0.571. The fourth-order valence-corrected chi connectivity index (χ4v) is 3.11. The van der Waals surface area contributed by atoms with Gasteiger partial charge in [-0.15, -0.1) is 0 Å². The maximum absolute atomic E-state index is 11.5. The Labute approximate surface area is 165 Å². The van der Waals surface area contributed by atoms with Gasteiger partial charge in [-0.05, 0) is 56.5 Å². The molecule has 5 nitrogen and oxygen atoms in total. The average molecular weight is 381 g/mol. The first-order chi connectivity index (χ1) is 13.4. The number of aryl methyl sites for hydroxylation is 1. The second kappa shape index (κ2) is 8.59. The number of rotatable bonds is 8. The van der Waals surface area contributed by atoms with Crippen molar-refractivity contribution in [3.8, 4) is 0 Å². The third-order valence-corrected chi connectivity index (χ3v) is 4.96. The molecule has 0 aliphatic rings. The molecule has 5 heteroatoms. The highest BCUT2D eigenvalue weighted by atomic mass is 16.5. The van der Waals surface area contributed by atoms with Crippen LogP contribution in [0.2, 0.25) is 0 Å². The number of aliphatic hydroxyl groups is 1. The van der Waals surface area contributed by atoms with Crippen LogP contribution in [-0.4, -0.2) is 30.3 Å². The van der Waals surface area contributed by atoms with Crippen molar-refractivity contribution in [2.45, 2.75) is 38.3 Å². The van der Waals surface area contributed by atoms with Crippen molar-refractivity contribution in [3.05, 3.63) is 71.5 Å². The maximum atomic E-state index is 11.5. The fourth-order valence-electron chi connectivity index (χ4n) is 3.11. The molecule has 0 amide bonds. The Bertz CT molecular complexity index is 894. The lowest BCUT2D eigenvalue weighted by atomic mass is 9.94. The average Bonchev–Trinajstić information content (AvgIpc) is 3.15. The summed E-state index contributed by atoms with van der Waals surface area (Å²) < 4.78 is 10.5. The number of ether oxygens (including phenoxy) is 1. The standard InChI is InChI=1S/C23H27NO4/c1-23(2,13-12-16-8-10-17(11-9-16)22(26)27-3)24-15-19(25)21-14-18-6-4-5-7-20(18)28-21/h4-11,14,19,24-25H,12-13,15H2,1-3H3. The predicted molar refractivity (Wildman–Crippen MR) is 109 cm³/mol. The number of fused-ring (bicyclic) bond motifs is 1. The Balaban J connectivity index is 1.52. The van der Waals surface area contributed by atoms with Crippen LogP contribution in [0.4, 0.5) is 0 Å². The molecule has 0 aliphatic heterocycles. The van der Waals surface area contributed by atoms with Gasteiger partial charge in [0.05, 0.1) is 12.7 Å². The Morgan fingerprint density at radius 3 is 2.57 bits per heavy atom. The van der Waals surface area contributed by atoms with Gasteiger partial charge in [-0.25, -0.2) is 4.79 Å². The number of benzene rings is 2. The van der Waals surface area contributed by atoms with Crippen LogP contribution in [0.25, 0.3) is 11.0 Å². The third kappa shape index (κ3) is 5.00. The molecule has 28 heavy (non-hydrogen) atoms. The van der Waals surface area contributed by atoms with Crippen molar-refractivity contribution in [3.63, 3.8) is 0 Å². The van der Waals surface area contributed by atoms with Gasteiger partial charge in [-0.1, -0.05) is 30.3 Å². The summed E-state index contributed by atoms with van der Waals surface area (Å²) in [6, 6.07) is 17.1. The lowest BCUT2D eigenvalue weighted by molar-refractivity contribution is 0.0600. The molecule has 0 radical (unpaired) electrons. The van der Waals surface area contributed by atoms with Gasteiger partial charge >= 0.3 is 5.97 Å². The van der Waals surface area contributed by atoms with Crippen LogP contribution >= 0.6 is 0 Å². The molecule has 0 saturated carbocycles. The van der Waals surface area contributed by atoms with Crippen molar-refractivity contribution in [2.75, 3.05) is 13.7 Å². The Hall–Kier alpha value is -2.63. The van der Waals surface area contributed by atoms with E-state index in [1.54, 1.807) is 12.1 Å². The van der Waals surface area contributed by atoms with Gasteiger partial charge in [0.15, 0.2) is 0 Å². The van der Waals surface area contributed by atoms with Gasteiger partial charge in [-0.3, -0.25) is 0 Å². The van der Waals surface area contributed by atoms with Gasteiger partial charge in [0.1, 0.15) is 17.4 Å². The molecule has 0 bridgehead atoms. The highest BCUT2D eigenvalue weighted by Crippen LogP contribution is 2.24. The number of esters is 1. The van der Waals surface area contributed by atoms with Crippen molar-refractivity contribution in [2.24, 2.45) is 0 Å². The number of para-hydroxylation sites is 1. The number of aliphatic hydroxyl groups excluding tert-OH is 1. The van der Waals surface area contributed by atoms with E-state index in [4.69, 9.17) is 9.15 Å². The summed E-state index contributed by atoms with van der Waals surface area (Å²) >= 11 is 0. The molecule has 0 fully saturated rings. The number of carbonyl (C=O) groups excluding carboxylic acids is 1. The molecule has 1 heterocycles. The van der Waals surface area contributed by atoms with Crippen LogP contribution in [0.1, 0.15) is 48.1 Å². The van der Waals surface area contributed by atoms with Crippen molar-refractivity contribution in [1.82, 2.24) is 5.32 Å². The first-order valence-electron chi connectivity index (χ1n) is 9.47. The molecule has 1 unspecified atom stereocenters. The molecular weight excluding hydrogens is 354 g/mol. The minimum Gasteiger partial charge on any atom is -0.465 e. The largest absolute Gasteiger partial charge is 0.465 e. The normalized spacial score (nSPS) is 12.9. The molecule has 3 rings (SSSR count). The van der Waals surface area contributed by atoms with Crippen LogP contribution in [-0.2, 0) is 11.2 Å². The molecule has 0 aliphatic carbocycles. The van der Waals surface area contributed by atoms with E-state index in [1.807, 2.05) is 42.5 Å². The molecule has 0 spiro atoms. The Morgan fingerprint density at radius 1 is 1.18 bits per heavy atom. The molecule has 0 saturated heterocycles. The molecule has 3 aromatic rings. The summed E-state index contributed by atoms with van der Waals surface area (Å²) in [6.45, 7) is 4.64. The van der Waals surface area contributed by atoms with Crippen molar-refractivity contribution >= 4 is 16.9 Å². The topological polar surface area (TPSA) is 71.7 Å². The molecule has 148 valence electrons. The lowest BCUT2D eigenvalue weighted by Crippen LogP contribution is -2.41. The zero-order valence-electron chi connectivity index (χ0n) is 16.6. The molecule has 1 aromatic heterocycles. The van der Waals surface area contributed by atoms with Crippen LogP contribution < -0.4 is 5.32 Å². The van der Waals surface area contributed by atoms with E-state index in [0.29, 0.717) is 17.9 Å². The van der Waals surface area contributed by atoms with Crippen molar-refractivity contribution < 1.29 is 19.1 Å². The summed E-state index contributed by atoms with van der Waals surface area (Å²) in [5.41, 5.74) is 2.33. The minimum absolute atomic E-state index is 0.159. The van der Waals surface area contributed by atoms with E-state index >= 15 is 0 Å². The smallest absolute Gasteiger partial charge is 0.337 e. The van der Waals surface area contributed by atoms with Crippen LogP contribution in [0.3, 0.4) is 0 Å². The molecule has 2 N–H and O–H groups in total. The van der Waals surface area contributed by atoms with Gasteiger partial charge in [0, 0.05) is 17.5 Å². The van der Waals surface area contributed by atoms with E-state index in [0.717, 1.165) is 29.4 Å². The SMILES string of the molecule is COC(=O)c1ccc(CCC(C)(C)NCC(O)c2cc3ccccc3o2)cc1. The Morgan fingerprint density at radius 2 is 1.89 bits per heavy atom. The van der Waals surface area contributed by atoms with Crippen LogP contribution in [0.15, 0.2) is 59.0 Å². The summed E-state index contributed by atoms with van der Waals surface area (Å²) in [5, 5.41) is 14.9. The van der Waals surface area contributed by atoms with E-state index in [9.17, 15) is 9.90 Å². The van der Waals surface area contributed by atoms with E-state index in [-0.39, 0.29) is 11.5 Å². The zero-order valence-corrected chi connectivity index (χ0v) is 16.6. The lowest BCUT2D eigenvalue weighted by Gasteiger charge is -2.27. The predicted octanol–water partition coefficient (Wildman–Crippen LogP) is 4.25. The van der Waals surface area contributed by atoms with Crippen LogP contribution in [0.5, 0.6) is 0 Å². The van der Waals surface area contributed by atoms with Gasteiger partial charge in [0.2, 0.25) is 0 Å². The summed E-state index contributed by atoms with van der Waals surface area (Å²) in [4.78, 5) is 11.5. The maximum Gasteiger partial charge on any atom is 0.337 e. The molecular formula is C23H27NO4. The minimum atomic E-state index is -0.703. The van der Waals surface area contributed by atoms with Crippen molar-refractivity contribution in [1.29, 1.82) is 0 Å². The number of methoxy groups -OCH3 is 1. The van der Waals surface area contributed by atoms with Gasteiger partial charge in [-0.2, -0.15) is 0 Å². The van der Waals surface area contributed by atoms with E-state index < -0.39 is 6.10 Å². The highest BCUT2D eigenvalue weighted by molar-refractivity contribution is 5.89. The highest BCUT2D eigenvalue weighted by Gasteiger charge is 2.21. The number of hydrogen-bond acceptors (Lipinski definition) is 5. The van der Waals surface area contributed by atoms with Gasteiger partial charge < -0.3 is 19.6 Å².